The van der Waals surface area contributed by atoms with Crippen LogP contribution in [0.5, 0.6) is 0 Å². The van der Waals surface area contributed by atoms with Crippen molar-refractivity contribution in [2.24, 2.45) is 5.92 Å². The van der Waals surface area contributed by atoms with E-state index in [-0.39, 0.29) is 31.5 Å². The first-order valence-corrected chi connectivity index (χ1v) is 23.6. The maximum absolute atomic E-state index is 14.7. The summed E-state index contributed by atoms with van der Waals surface area (Å²) in [6.45, 7) is 2.96. The molecular weight excluding hydrogens is 777 g/mol. The van der Waals surface area contributed by atoms with E-state index in [1.165, 1.54) is 16.9 Å². The Morgan fingerprint density at radius 2 is 1.61 bits per heavy atom. The third-order valence-electron chi connectivity index (χ3n) is 13.5. The predicted molar refractivity (Wildman–Crippen MR) is 217 cm³/mol. The molecule has 8 rings (SSSR count). The number of alkyl carbamates (subject to hydrolysis) is 1. The van der Waals surface area contributed by atoms with Gasteiger partial charge in [-0.15, -0.1) is 0 Å². The van der Waals surface area contributed by atoms with Crippen molar-refractivity contribution < 1.29 is 41.9 Å². The fourth-order valence-electron chi connectivity index (χ4n) is 9.85. The molecule has 3 saturated carbocycles. The number of allylic oxidation sites excluding steroid dienone is 1. The summed E-state index contributed by atoms with van der Waals surface area (Å²) in [5, 5.41) is 5.06. The summed E-state index contributed by atoms with van der Waals surface area (Å²) in [6.07, 6.45) is 13.4. The second-order valence-electron chi connectivity index (χ2n) is 17.8. The topological polar surface area (TPSA) is 184 Å². The Kier molecular flexibility index (Phi) is 12.5. The van der Waals surface area contributed by atoms with Gasteiger partial charge in [0.05, 0.1) is 17.8 Å². The molecule has 0 bridgehead atoms. The Morgan fingerprint density at radius 3 is 2.39 bits per heavy atom. The molecule has 59 heavy (non-hydrogen) atoms. The summed E-state index contributed by atoms with van der Waals surface area (Å²) in [5.74, 6) is -2.39. The SMILES string of the molecule is O=C(N[C@H]1CCCCC/C=C\[C@@H]2C[C@@]2(C(=O)NS(=O)(=O)C2CC2)NC(=O)C2C[C@@H](OC(=O)N3CCc4ccccc4C3CN3CCCCC3)CN2C1=O)OC1CCCC1. The fourth-order valence-corrected chi connectivity index (χ4v) is 11.2. The number of fused-ring (bicyclic) bond motifs is 3. The van der Waals surface area contributed by atoms with Crippen LogP contribution < -0.4 is 15.4 Å². The fraction of sp³-hybridized carbons (Fsp3) is 0.698. The highest BCUT2D eigenvalue weighted by molar-refractivity contribution is 7.91. The van der Waals surface area contributed by atoms with Gasteiger partial charge in [-0.3, -0.25) is 24.0 Å². The van der Waals surface area contributed by atoms with Gasteiger partial charge in [-0.25, -0.2) is 18.0 Å². The summed E-state index contributed by atoms with van der Waals surface area (Å²) >= 11 is 0. The van der Waals surface area contributed by atoms with Gasteiger partial charge in [0.15, 0.2) is 0 Å². The highest BCUT2D eigenvalue weighted by atomic mass is 32.2. The lowest BCUT2D eigenvalue weighted by molar-refractivity contribution is -0.141. The summed E-state index contributed by atoms with van der Waals surface area (Å²) in [7, 11) is -3.91. The van der Waals surface area contributed by atoms with E-state index in [9.17, 15) is 32.4 Å². The summed E-state index contributed by atoms with van der Waals surface area (Å²) < 4.78 is 40.0. The van der Waals surface area contributed by atoms with Crippen molar-refractivity contribution in [1.82, 2.24) is 30.1 Å². The van der Waals surface area contributed by atoms with Crippen LogP contribution in [0.1, 0.15) is 120 Å². The Hall–Kier alpha value is -4.18. The first kappa shape index (κ1) is 41.5. The quantitative estimate of drug-likeness (QED) is 0.321. The second-order valence-corrected chi connectivity index (χ2v) is 19.7. The maximum atomic E-state index is 14.7. The van der Waals surface area contributed by atoms with Crippen LogP contribution in [0.25, 0.3) is 0 Å². The zero-order chi connectivity index (χ0) is 41.1. The van der Waals surface area contributed by atoms with E-state index in [1.54, 1.807) is 4.90 Å². The number of hydrogen-bond donors (Lipinski definition) is 3. The van der Waals surface area contributed by atoms with Gasteiger partial charge in [0.2, 0.25) is 21.8 Å². The number of carbonyl (C=O) groups is 5. The molecule has 1 aromatic carbocycles. The van der Waals surface area contributed by atoms with Crippen molar-refractivity contribution in [1.29, 1.82) is 0 Å². The van der Waals surface area contributed by atoms with E-state index < -0.39 is 74.8 Å². The molecule has 0 aromatic heterocycles. The third kappa shape index (κ3) is 9.58. The lowest BCUT2D eigenvalue weighted by Crippen LogP contribution is -2.58. The third-order valence-corrected chi connectivity index (χ3v) is 15.3. The van der Waals surface area contributed by atoms with Crippen molar-refractivity contribution in [3.63, 3.8) is 0 Å². The molecule has 3 N–H and O–H groups in total. The number of nitrogens with zero attached hydrogens (tertiary/aromatic N) is 3. The molecule has 2 unspecified atom stereocenters. The number of ether oxygens (including phenoxy) is 2. The van der Waals surface area contributed by atoms with Crippen molar-refractivity contribution >= 4 is 39.9 Å². The number of sulfonamides is 1. The van der Waals surface area contributed by atoms with Gasteiger partial charge >= 0.3 is 12.2 Å². The van der Waals surface area contributed by atoms with Crippen molar-refractivity contribution in [3.05, 3.63) is 47.5 Å². The van der Waals surface area contributed by atoms with Crippen LogP contribution in [0.2, 0.25) is 0 Å². The Labute approximate surface area is 347 Å². The minimum Gasteiger partial charge on any atom is -0.446 e. The van der Waals surface area contributed by atoms with Gasteiger partial charge in [-0.2, -0.15) is 0 Å². The number of hydrogen-bond acceptors (Lipinski definition) is 10. The first-order valence-electron chi connectivity index (χ1n) is 22.1. The predicted octanol–water partition coefficient (Wildman–Crippen LogP) is 4.22. The van der Waals surface area contributed by atoms with E-state index in [2.05, 4.69) is 32.4 Å². The maximum Gasteiger partial charge on any atom is 0.410 e. The average Bonchev–Trinajstić information content (AvgIpc) is 4.10. The summed E-state index contributed by atoms with van der Waals surface area (Å²) in [4.78, 5) is 76.0. The van der Waals surface area contributed by atoms with E-state index in [0.717, 1.165) is 70.0 Å². The molecule has 0 spiro atoms. The molecule has 5 fully saturated rings. The molecule has 7 aliphatic rings. The standard InChI is InChI=1S/C43H60N6O9S/c50-38-36-25-32(58-42(54)48-24-21-29-13-7-10-17-34(29)37(48)28-47-22-11-4-12-23-47)27-49(36)39(51)35(44-41(53)57-31-15-8-9-16-31)18-6-3-1-2-5-14-30-26-43(30,45-38)40(52)46-59(55,56)33-19-20-33/h5,7,10,13-14,17,30-33,35-37H,1-4,6,8-9,11-12,15-16,18-28H2,(H,44,53)(H,45,50)(H,46,52)/b14-5-/t30-,32-,35+,36?,37?,43-/m1/s1. The van der Waals surface area contributed by atoms with Gasteiger partial charge in [-0.05, 0) is 108 Å². The minimum atomic E-state index is -3.91. The zero-order valence-corrected chi connectivity index (χ0v) is 34.8. The molecule has 3 aliphatic carbocycles. The number of piperidine rings is 1. The molecule has 0 radical (unpaired) electrons. The molecule has 322 valence electrons. The number of carbonyl (C=O) groups excluding carboxylic acids is 5. The van der Waals surface area contributed by atoms with E-state index in [4.69, 9.17) is 9.47 Å². The Balaban J connectivity index is 1.04. The summed E-state index contributed by atoms with van der Waals surface area (Å²) in [6, 6.07) is 5.79. The van der Waals surface area contributed by atoms with E-state index >= 15 is 0 Å². The van der Waals surface area contributed by atoms with Gasteiger partial charge in [0, 0.05) is 25.4 Å². The van der Waals surface area contributed by atoms with Crippen LogP contribution in [-0.2, 0) is 40.3 Å². The molecule has 5 amide bonds. The lowest BCUT2D eigenvalue weighted by Gasteiger charge is -2.40. The van der Waals surface area contributed by atoms with Crippen LogP contribution in [0.15, 0.2) is 36.4 Å². The molecule has 16 heteroatoms. The van der Waals surface area contributed by atoms with E-state index in [0.29, 0.717) is 51.6 Å². The largest absolute Gasteiger partial charge is 0.446 e. The monoisotopic (exact) mass is 836 g/mol. The summed E-state index contributed by atoms with van der Waals surface area (Å²) in [5.41, 5.74) is 0.771. The number of amides is 5. The molecule has 1 aromatic rings. The van der Waals surface area contributed by atoms with E-state index in [1.807, 2.05) is 24.3 Å². The van der Waals surface area contributed by atoms with Crippen molar-refractivity contribution in [2.45, 2.75) is 150 Å². The number of nitrogens with one attached hydrogen (secondary N) is 3. The number of rotatable bonds is 8. The van der Waals surface area contributed by atoms with Gasteiger partial charge in [-0.1, -0.05) is 55.7 Å². The van der Waals surface area contributed by atoms with Gasteiger partial charge in [0.25, 0.3) is 5.91 Å². The van der Waals surface area contributed by atoms with Crippen LogP contribution >= 0.6 is 0 Å². The Bertz CT molecular complexity index is 1890. The zero-order valence-electron chi connectivity index (χ0n) is 34.0. The number of likely N-dealkylation sites (tertiary alicyclic amines) is 1. The lowest BCUT2D eigenvalue weighted by atomic mass is 9.92. The van der Waals surface area contributed by atoms with Crippen LogP contribution in [0, 0.1) is 5.92 Å². The van der Waals surface area contributed by atoms with Crippen molar-refractivity contribution in [2.75, 3.05) is 32.7 Å². The van der Waals surface area contributed by atoms with Crippen molar-refractivity contribution in [3.8, 4) is 0 Å². The first-order chi connectivity index (χ1) is 28.5. The number of benzene rings is 1. The molecule has 4 aliphatic heterocycles. The van der Waals surface area contributed by atoms with Gasteiger partial charge < -0.3 is 29.9 Å². The molecule has 15 nitrogen and oxygen atoms in total. The van der Waals surface area contributed by atoms with Crippen LogP contribution in [-0.4, -0.2) is 121 Å². The molecule has 6 atom stereocenters. The molecular formula is C43H60N6O9S. The highest BCUT2D eigenvalue weighted by Gasteiger charge is 2.62. The highest BCUT2D eigenvalue weighted by Crippen LogP contribution is 2.46. The molecule has 4 heterocycles. The average molecular weight is 837 g/mol. The second kappa shape index (κ2) is 17.8. The van der Waals surface area contributed by atoms with Crippen LogP contribution in [0.4, 0.5) is 9.59 Å². The van der Waals surface area contributed by atoms with Gasteiger partial charge in [0.1, 0.15) is 29.8 Å². The molecule has 2 saturated heterocycles. The minimum absolute atomic E-state index is 0.0393. The smallest absolute Gasteiger partial charge is 0.410 e. The Morgan fingerprint density at radius 1 is 0.864 bits per heavy atom. The normalized spacial score (nSPS) is 31.4. The van der Waals surface area contributed by atoms with Crippen LogP contribution in [0.3, 0.4) is 0 Å².